The van der Waals surface area contributed by atoms with Crippen LogP contribution in [-0.2, 0) is 22.6 Å². The first-order chi connectivity index (χ1) is 15.5. The monoisotopic (exact) mass is 432 g/mol. The maximum absolute atomic E-state index is 12.5. The van der Waals surface area contributed by atoms with E-state index in [0.29, 0.717) is 32.2 Å². The second-order valence-electron chi connectivity index (χ2n) is 8.25. The summed E-state index contributed by atoms with van der Waals surface area (Å²) in [6.45, 7) is 0.468. The number of carbonyl (C=O) groups excluding carboxylic acids is 2. The van der Waals surface area contributed by atoms with Gasteiger partial charge >= 0.3 is 0 Å². The zero-order valence-corrected chi connectivity index (χ0v) is 18.2. The Morgan fingerprint density at radius 3 is 2.53 bits per heavy atom. The highest BCUT2D eigenvalue weighted by Crippen LogP contribution is 2.30. The first-order valence-electron chi connectivity index (χ1n) is 10.8. The quantitative estimate of drug-likeness (QED) is 0.544. The summed E-state index contributed by atoms with van der Waals surface area (Å²) in [6, 6.07) is 17.7. The zero-order chi connectivity index (χ0) is 22.4. The van der Waals surface area contributed by atoms with Gasteiger partial charge in [0, 0.05) is 37.3 Å². The van der Waals surface area contributed by atoms with Crippen LogP contribution in [0.1, 0.15) is 36.8 Å². The van der Waals surface area contributed by atoms with Crippen molar-refractivity contribution in [3.05, 3.63) is 78.1 Å². The Morgan fingerprint density at radius 2 is 1.91 bits per heavy atom. The van der Waals surface area contributed by atoms with E-state index < -0.39 is 0 Å². The van der Waals surface area contributed by atoms with Gasteiger partial charge in [0.2, 0.25) is 11.8 Å². The maximum atomic E-state index is 12.5. The van der Waals surface area contributed by atoms with Gasteiger partial charge in [-0.1, -0.05) is 24.3 Å². The number of benzene rings is 2. The Balaban J connectivity index is 1.30. The smallest absolute Gasteiger partial charge is 0.220 e. The molecule has 0 saturated carbocycles. The van der Waals surface area contributed by atoms with Crippen LogP contribution in [0.5, 0.6) is 5.75 Å². The van der Waals surface area contributed by atoms with Crippen molar-refractivity contribution in [2.24, 2.45) is 0 Å². The standard InChI is InChI=1S/C25H28N4O3/c1-32-22-9-5-19(6-10-22)17-25(14-12-24(31)28-25)13-11-23(30)26-18-20-3-7-21(8-4-20)29-16-2-15-27-29/h2-10,15-16H,11-14,17-18H2,1H3,(H,26,30)(H,28,31). The van der Waals surface area contributed by atoms with Crippen molar-refractivity contribution in [2.45, 2.75) is 44.2 Å². The first kappa shape index (κ1) is 21.6. The number of ether oxygens (including phenoxy) is 1. The molecule has 0 bridgehead atoms. The van der Waals surface area contributed by atoms with E-state index in [2.05, 4.69) is 15.7 Å². The highest BCUT2D eigenvalue weighted by atomic mass is 16.5. The zero-order valence-electron chi connectivity index (χ0n) is 18.2. The molecule has 1 aromatic heterocycles. The fourth-order valence-electron chi connectivity index (χ4n) is 4.15. The summed E-state index contributed by atoms with van der Waals surface area (Å²) in [7, 11) is 1.64. The summed E-state index contributed by atoms with van der Waals surface area (Å²) in [4.78, 5) is 24.5. The molecule has 0 radical (unpaired) electrons. The molecule has 1 saturated heterocycles. The molecule has 1 aliphatic heterocycles. The lowest BCUT2D eigenvalue weighted by Gasteiger charge is -2.29. The summed E-state index contributed by atoms with van der Waals surface area (Å²) in [5.74, 6) is 0.836. The number of hydrogen-bond donors (Lipinski definition) is 2. The fourth-order valence-corrected chi connectivity index (χ4v) is 4.15. The Labute approximate surface area is 187 Å². The largest absolute Gasteiger partial charge is 0.497 e. The number of nitrogens with zero attached hydrogens (tertiary/aromatic N) is 2. The van der Waals surface area contributed by atoms with Gasteiger partial charge in [0.15, 0.2) is 0 Å². The molecule has 7 heteroatoms. The molecule has 2 heterocycles. The fraction of sp³-hybridized carbons (Fsp3) is 0.320. The van der Waals surface area contributed by atoms with Crippen LogP contribution < -0.4 is 15.4 Å². The van der Waals surface area contributed by atoms with E-state index >= 15 is 0 Å². The predicted molar refractivity (Wildman–Crippen MR) is 121 cm³/mol. The van der Waals surface area contributed by atoms with Gasteiger partial charge in [0.1, 0.15) is 5.75 Å². The van der Waals surface area contributed by atoms with E-state index in [9.17, 15) is 9.59 Å². The molecule has 1 fully saturated rings. The third-order valence-corrected chi connectivity index (χ3v) is 5.96. The van der Waals surface area contributed by atoms with Crippen molar-refractivity contribution in [3.8, 4) is 11.4 Å². The predicted octanol–water partition coefficient (Wildman–Crippen LogP) is 3.17. The van der Waals surface area contributed by atoms with Crippen LogP contribution in [0.15, 0.2) is 67.0 Å². The average Bonchev–Trinajstić information content (AvgIpc) is 3.48. The number of methoxy groups -OCH3 is 1. The molecular weight excluding hydrogens is 404 g/mol. The number of amides is 2. The first-order valence-corrected chi connectivity index (χ1v) is 10.8. The van der Waals surface area contributed by atoms with Crippen molar-refractivity contribution < 1.29 is 14.3 Å². The minimum Gasteiger partial charge on any atom is -0.497 e. The van der Waals surface area contributed by atoms with Gasteiger partial charge in [-0.15, -0.1) is 0 Å². The normalized spacial score (nSPS) is 17.7. The molecule has 0 spiro atoms. The van der Waals surface area contributed by atoms with Crippen LogP contribution in [0.2, 0.25) is 0 Å². The number of aromatic nitrogens is 2. The molecule has 0 aliphatic carbocycles. The Bertz CT molecular complexity index is 1050. The van der Waals surface area contributed by atoms with Crippen LogP contribution in [0.4, 0.5) is 0 Å². The maximum Gasteiger partial charge on any atom is 0.220 e. The van der Waals surface area contributed by atoms with E-state index in [0.717, 1.165) is 29.0 Å². The second-order valence-corrected chi connectivity index (χ2v) is 8.25. The summed E-state index contributed by atoms with van der Waals surface area (Å²) in [5.41, 5.74) is 2.73. The van der Waals surface area contributed by atoms with Crippen molar-refractivity contribution >= 4 is 11.8 Å². The molecule has 32 heavy (non-hydrogen) atoms. The van der Waals surface area contributed by atoms with Crippen molar-refractivity contribution in [3.63, 3.8) is 0 Å². The molecule has 1 aliphatic rings. The van der Waals surface area contributed by atoms with E-state index in [1.807, 2.05) is 60.8 Å². The van der Waals surface area contributed by atoms with E-state index in [4.69, 9.17) is 4.74 Å². The molecule has 3 aromatic rings. The second kappa shape index (κ2) is 9.68. The van der Waals surface area contributed by atoms with Crippen molar-refractivity contribution in [1.29, 1.82) is 0 Å². The topological polar surface area (TPSA) is 85.2 Å². The van der Waals surface area contributed by atoms with Crippen LogP contribution in [-0.4, -0.2) is 34.2 Å². The molecule has 2 amide bonds. The van der Waals surface area contributed by atoms with Crippen LogP contribution >= 0.6 is 0 Å². The molecule has 4 rings (SSSR count). The van der Waals surface area contributed by atoms with Gasteiger partial charge in [-0.25, -0.2) is 4.68 Å². The lowest BCUT2D eigenvalue weighted by molar-refractivity contribution is -0.122. The molecule has 2 aromatic carbocycles. The SMILES string of the molecule is COc1ccc(CC2(CCC(=O)NCc3ccc(-n4cccn4)cc3)CCC(=O)N2)cc1. The third-order valence-electron chi connectivity index (χ3n) is 5.96. The lowest BCUT2D eigenvalue weighted by Crippen LogP contribution is -2.44. The Kier molecular flexibility index (Phi) is 6.54. The third kappa shape index (κ3) is 5.35. The van der Waals surface area contributed by atoms with E-state index in [1.165, 1.54) is 0 Å². The molecular formula is C25H28N4O3. The van der Waals surface area contributed by atoms with Gasteiger partial charge in [-0.05, 0) is 60.7 Å². The summed E-state index contributed by atoms with van der Waals surface area (Å²) in [5, 5.41) is 10.3. The van der Waals surface area contributed by atoms with Gasteiger partial charge in [-0.2, -0.15) is 5.10 Å². The van der Waals surface area contributed by atoms with Crippen LogP contribution in [0.25, 0.3) is 5.69 Å². The molecule has 1 unspecified atom stereocenters. The number of nitrogens with one attached hydrogen (secondary N) is 2. The summed E-state index contributed by atoms with van der Waals surface area (Å²) >= 11 is 0. The average molecular weight is 433 g/mol. The molecule has 2 N–H and O–H groups in total. The van der Waals surface area contributed by atoms with E-state index in [1.54, 1.807) is 18.0 Å². The molecule has 7 nitrogen and oxygen atoms in total. The highest BCUT2D eigenvalue weighted by Gasteiger charge is 2.37. The minimum atomic E-state index is -0.381. The number of carbonyl (C=O) groups is 2. The molecule has 166 valence electrons. The minimum absolute atomic E-state index is 0.0172. The number of hydrogen-bond acceptors (Lipinski definition) is 4. The van der Waals surface area contributed by atoms with Gasteiger partial charge in [0.05, 0.1) is 12.8 Å². The van der Waals surface area contributed by atoms with Crippen LogP contribution in [0.3, 0.4) is 0 Å². The van der Waals surface area contributed by atoms with Crippen molar-refractivity contribution in [1.82, 2.24) is 20.4 Å². The van der Waals surface area contributed by atoms with Crippen molar-refractivity contribution in [2.75, 3.05) is 7.11 Å². The highest BCUT2D eigenvalue weighted by molar-refractivity contribution is 5.80. The summed E-state index contributed by atoms with van der Waals surface area (Å²) in [6.07, 6.45) is 6.53. The van der Waals surface area contributed by atoms with Gasteiger partial charge < -0.3 is 15.4 Å². The Hall–Kier alpha value is -3.61. The summed E-state index contributed by atoms with van der Waals surface area (Å²) < 4.78 is 7.01. The number of rotatable bonds is 9. The Morgan fingerprint density at radius 1 is 1.16 bits per heavy atom. The van der Waals surface area contributed by atoms with E-state index in [-0.39, 0.29) is 17.4 Å². The van der Waals surface area contributed by atoms with Gasteiger partial charge in [0.25, 0.3) is 0 Å². The lowest BCUT2D eigenvalue weighted by atomic mass is 9.85. The van der Waals surface area contributed by atoms with Crippen LogP contribution in [0, 0.1) is 0 Å². The molecule has 1 atom stereocenters. The van der Waals surface area contributed by atoms with Gasteiger partial charge in [-0.3, -0.25) is 9.59 Å².